The maximum Gasteiger partial charge on any atom is 0.257 e. The molecule has 0 spiro atoms. The summed E-state index contributed by atoms with van der Waals surface area (Å²) in [5, 5.41) is 0.0805. The summed E-state index contributed by atoms with van der Waals surface area (Å²) in [6, 6.07) is 0. The molecule has 0 bridgehead atoms. The Morgan fingerprint density at radius 2 is 2.06 bits per heavy atom. The number of imidazole rings is 1. The van der Waals surface area contributed by atoms with Crippen LogP contribution < -0.4 is 10.5 Å². The van der Waals surface area contributed by atoms with Crippen LogP contribution in [0.1, 0.15) is 32.1 Å². The number of H-pyrrole nitrogens is 1. The number of hydrogen-bond acceptors (Lipinski definition) is 4. The van der Waals surface area contributed by atoms with Gasteiger partial charge in [-0.3, -0.25) is 0 Å². The van der Waals surface area contributed by atoms with Crippen LogP contribution in [0, 0.1) is 0 Å². The van der Waals surface area contributed by atoms with E-state index in [0.29, 0.717) is 0 Å². The number of aromatic amines is 1. The van der Waals surface area contributed by atoms with Crippen molar-refractivity contribution < 1.29 is 8.42 Å². The minimum absolute atomic E-state index is 0. The van der Waals surface area contributed by atoms with E-state index >= 15 is 0 Å². The van der Waals surface area contributed by atoms with Crippen LogP contribution in [0.5, 0.6) is 0 Å². The molecule has 4 N–H and O–H groups in total. The number of hydrogen-bond donors (Lipinski definition) is 3. The number of sulfonamides is 1. The Balaban J connectivity index is 0.00000162. The highest BCUT2D eigenvalue weighted by molar-refractivity contribution is 7.89. The first kappa shape index (κ1) is 15.4. The van der Waals surface area contributed by atoms with Crippen molar-refractivity contribution in [2.75, 3.05) is 6.54 Å². The summed E-state index contributed by atoms with van der Waals surface area (Å²) in [5.74, 6) is 0. The fourth-order valence-corrected chi connectivity index (χ4v) is 3.18. The summed E-state index contributed by atoms with van der Waals surface area (Å²) >= 11 is 0. The third kappa shape index (κ3) is 3.68. The number of halogens is 1. The molecule has 2 rings (SSSR count). The molecule has 1 saturated carbocycles. The quantitative estimate of drug-likeness (QED) is 0.763. The Kier molecular flexibility index (Phi) is 5.15. The molecule has 1 aliphatic carbocycles. The van der Waals surface area contributed by atoms with Gasteiger partial charge in [-0.25, -0.2) is 18.1 Å². The zero-order valence-corrected chi connectivity index (χ0v) is 11.7. The average Bonchev–Trinajstić information content (AvgIpc) is 2.82. The molecule has 6 nitrogen and oxygen atoms in total. The molecule has 0 aromatic carbocycles. The van der Waals surface area contributed by atoms with E-state index in [2.05, 4.69) is 14.7 Å². The first-order valence-corrected chi connectivity index (χ1v) is 7.27. The summed E-state index contributed by atoms with van der Waals surface area (Å²) in [6.45, 7) is 0.286. The van der Waals surface area contributed by atoms with Gasteiger partial charge >= 0.3 is 0 Å². The van der Waals surface area contributed by atoms with Crippen molar-refractivity contribution in [3.05, 3.63) is 12.5 Å². The molecule has 1 aromatic heterocycles. The van der Waals surface area contributed by atoms with Gasteiger partial charge in [0.05, 0.1) is 12.5 Å². The van der Waals surface area contributed by atoms with Crippen LogP contribution in [-0.4, -0.2) is 30.5 Å². The minimum Gasteiger partial charge on any atom is -0.335 e. The lowest BCUT2D eigenvalue weighted by molar-refractivity contribution is 0.296. The van der Waals surface area contributed by atoms with E-state index in [4.69, 9.17) is 5.73 Å². The van der Waals surface area contributed by atoms with Gasteiger partial charge in [0.15, 0.2) is 5.03 Å². The van der Waals surface area contributed by atoms with Crippen molar-refractivity contribution in [1.29, 1.82) is 0 Å². The van der Waals surface area contributed by atoms with Crippen LogP contribution >= 0.6 is 12.4 Å². The summed E-state index contributed by atoms with van der Waals surface area (Å²) in [7, 11) is -3.50. The molecule has 1 aliphatic rings. The number of nitrogens with zero attached hydrogens (tertiary/aromatic N) is 1. The first-order chi connectivity index (χ1) is 8.02. The van der Waals surface area contributed by atoms with Gasteiger partial charge in [0.25, 0.3) is 10.0 Å². The van der Waals surface area contributed by atoms with Crippen LogP contribution in [0.15, 0.2) is 17.6 Å². The van der Waals surface area contributed by atoms with Crippen LogP contribution in [0.2, 0.25) is 0 Å². The highest BCUT2D eigenvalue weighted by Crippen LogP contribution is 2.25. The molecular weight excluding hydrogens is 276 g/mol. The van der Waals surface area contributed by atoms with Gasteiger partial charge in [0.2, 0.25) is 0 Å². The molecular formula is C10H19ClN4O2S. The van der Waals surface area contributed by atoms with Crippen LogP contribution in [0.3, 0.4) is 0 Å². The third-order valence-corrected chi connectivity index (χ3v) is 4.55. The molecule has 1 aromatic rings. The Morgan fingerprint density at radius 1 is 1.39 bits per heavy atom. The largest absolute Gasteiger partial charge is 0.335 e. The van der Waals surface area contributed by atoms with E-state index in [-0.39, 0.29) is 24.0 Å². The molecule has 8 heteroatoms. The van der Waals surface area contributed by atoms with E-state index in [1.165, 1.54) is 18.9 Å². The van der Waals surface area contributed by atoms with E-state index < -0.39 is 15.6 Å². The van der Waals surface area contributed by atoms with Crippen molar-refractivity contribution in [3.63, 3.8) is 0 Å². The summed E-state index contributed by atoms with van der Waals surface area (Å²) < 4.78 is 26.2. The summed E-state index contributed by atoms with van der Waals surface area (Å²) in [4.78, 5) is 6.27. The maximum absolute atomic E-state index is 11.8. The standard InChI is InChI=1S/C10H18N4O2S.ClH/c11-10(4-2-1-3-5-10)7-14-17(15,16)9-6-12-8-13-9;/h6,8,14H,1-5,7,11H2,(H,12,13);1H. The zero-order valence-electron chi connectivity index (χ0n) is 10.1. The number of nitrogens with one attached hydrogen (secondary N) is 2. The predicted molar refractivity (Wildman–Crippen MR) is 71.0 cm³/mol. The van der Waals surface area contributed by atoms with Gasteiger partial charge in [-0.1, -0.05) is 19.3 Å². The lowest BCUT2D eigenvalue weighted by atomic mass is 9.83. The molecule has 0 amide bonds. The van der Waals surface area contributed by atoms with Gasteiger partial charge in [0, 0.05) is 12.1 Å². The van der Waals surface area contributed by atoms with Gasteiger partial charge in [-0.15, -0.1) is 12.4 Å². The second-order valence-corrected chi connectivity index (χ2v) is 6.40. The minimum atomic E-state index is -3.50. The van der Waals surface area contributed by atoms with Crippen molar-refractivity contribution in [2.24, 2.45) is 5.73 Å². The van der Waals surface area contributed by atoms with E-state index in [0.717, 1.165) is 25.7 Å². The van der Waals surface area contributed by atoms with Crippen LogP contribution in [-0.2, 0) is 10.0 Å². The predicted octanol–water partition coefficient (Wildman–Crippen LogP) is 0.771. The highest BCUT2D eigenvalue weighted by Gasteiger charge is 2.29. The van der Waals surface area contributed by atoms with Crippen molar-refractivity contribution in [3.8, 4) is 0 Å². The Bertz CT molecular complexity index is 454. The zero-order chi connectivity index (χ0) is 12.4. The van der Waals surface area contributed by atoms with E-state index in [1.807, 2.05) is 0 Å². The second kappa shape index (κ2) is 6.01. The van der Waals surface area contributed by atoms with Gasteiger partial charge < -0.3 is 10.7 Å². The normalized spacial score (nSPS) is 19.2. The highest BCUT2D eigenvalue weighted by atomic mass is 35.5. The Morgan fingerprint density at radius 3 is 2.61 bits per heavy atom. The fraction of sp³-hybridized carbons (Fsp3) is 0.700. The summed E-state index contributed by atoms with van der Waals surface area (Å²) in [5.41, 5.74) is 5.77. The van der Waals surface area contributed by atoms with Crippen LogP contribution in [0.25, 0.3) is 0 Å². The molecule has 1 heterocycles. The number of nitrogens with two attached hydrogens (primary N) is 1. The fourth-order valence-electron chi connectivity index (χ4n) is 2.14. The SMILES string of the molecule is Cl.NC1(CNS(=O)(=O)c2cnc[nH]2)CCCCC1. The molecule has 0 saturated heterocycles. The molecule has 0 atom stereocenters. The lowest BCUT2D eigenvalue weighted by Crippen LogP contribution is -2.51. The van der Waals surface area contributed by atoms with Crippen molar-refractivity contribution >= 4 is 22.4 Å². The second-order valence-electron chi connectivity index (χ2n) is 4.66. The van der Waals surface area contributed by atoms with Gasteiger partial charge in [-0.2, -0.15) is 0 Å². The molecule has 0 aliphatic heterocycles. The van der Waals surface area contributed by atoms with Crippen molar-refractivity contribution in [2.45, 2.75) is 42.7 Å². The average molecular weight is 295 g/mol. The summed E-state index contributed by atoms with van der Waals surface area (Å²) in [6.07, 6.45) is 7.70. The molecule has 0 radical (unpaired) electrons. The molecule has 0 unspecified atom stereocenters. The lowest BCUT2D eigenvalue weighted by Gasteiger charge is -2.33. The first-order valence-electron chi connectivity index (χ1n) is 5.79. The topological polar surface area (TPSA) is 101 Å². The third-order valence-electron chi connectivity index (χ3n) is 3.23. The van der Waals surface area contributed by atoms with E-state index in [9.17, 15) is 8.42 Å². The number of rotatable bonds is 4. The van der Waals surface area contributed by atoms with Crippen LogP contribution in [0.4, 0.5) is 0 Å². The Hall–Kier alpha value is -0.630. The van der Waals surface area contributed by atoms with E-state index in [1.54, 1.807) is 0 Å². The molecule has 18 heavy (non-hydrogen) atoms. The monoisotopic (exact) mass is 294 g/mol. The maximum atomic E-state index is 11.8. The van der Waals surface area contributed by atoms with Crippen molar-refractivity contribution in [1.82, 2.24) is 14.7 Å². The van der Waals surface area contributed by atoms with Gasteiger partial charge in [-0.05, 0) is 12.8 Å². The Labute approximate surface area is 113 Å². The smallest absolute Gasteiger partial charge is 0.257 e. The van der Waals surface area contributed by atoms with Gasteiger partial charge in [0.1, 0.15) is 0 Å². The molecule has 104 valence electrons. The molecule has 1 fully saturated rings. The number of aromatic nitrogens is 2.